The molecular formula is C19H14N4Na2O5S. The van der Waals surface area contributed by atoms with Gasteiger partial charge in [-0.05, 0) is 48.5 Å². The minimum absolute atomic E-state index is 0. The quantitative estimate of drug-likeness (QED) is 0.253. The van der Waals surface area contributed by atoms with E-state index < -0.39 is 10.1 Å². The van der Waals surface area contributed by atoms with E-state index in [2.05, 4.69) is 20.5 Å². The molecule has 0 aliphatic carbocycles. The average molecular weight is 456 g/mol. The number of ether oxygens (including phenoxy) is 1. The monoisotopic (exact) mass is 456 g/mol. The number of rotatable bonds is 6. The number of nitrogens with zero attached hydrogens (tertiary/aromatic N) is 4. The van der Waals surface area contributed by atoms with E-state index in [4.69, 9.17) is 4.74 Å². The third kappa shape index (κ3) is 8.09. The largest absolute Gasteiger partial charge is 1.00 e. The SMILES string of the molecule is COc1cc(N=Nc2ccc(S(=O)(=O)[O-])cc2)ccc1N=Nc1ccc([O-])cc1.[Na+].[Na+]. The van der Waals surface area contributed by atoms with Crippen LogP contribution in [0.5, 0.6) is 11.5 Å². The van der Waals surface area contributed by atoms with Crippen LogP contribution in [0.2, 0.25) is 0 Å². The van der Waals surface area contributed by atoms with Gasteiger partial charge in [0, 0.05) is 6.07 Å². The fourth-order valence-electron chi connectivity index (χ4n) is 2.23. The third-order valence-corrected chi connectivity index (χ3v) is 4.53. The van der Waals surface area contributed by atoms with Crippen molar-refractivity contribution in [3.05, 3.63) is 66.7 Å². The summed E-state index contributed by atoms with van der Waals surface area (Å²) in [6.45, 7) is 0. The first-order valence-electron chi connectivity index (χ1n) is 8.20. The van der Waals surface area contributed by atoms with E-state index in [1.807, 2.05) is 0 Å². The van der Waals surface area contributed by atoms with Gasteiger partial charge in [0.1, 0.15) is 21.6 Å². The number of benzene rings is 3. The predicted molar refractivity (Wildman–Crippen MR) is 102 cm³/mol. The summed E-state index contributed by atoms with van der Waals surface area (Å²) in [5.74, 6) is 0.305. The second-order valence-corrected chi connectivity index (χ2v) is 7.08. The molecule has 0 saturated carbocycles. The molecule has 0 aliphatic heterocycles. The van der Waals surface area contributed by atoms with E-state index in [0.717, 1.165) is 0 Å². The number of azo groups is 2. The molecule has 0 aliphatic rings. The number of methoxy groups -OCH3 is 1. The first-order chi connectivity index (χ1) is 13.8. The molecule has 0 amide bonds. The van der Waals surface area contributed by atoms with Crippen molar-refractivity contribution in [2.75, 3.05) is 7.11 Å². The van der Waals surface area contributed by atoms with Crippen molar-refractivity contribution in [2.45, 2.75) is 4.90 Å². The van der Waals surface area contributed by atoms with Gasteiger partial charge in [0.2, 0.25) is 0 Å². The summed E-state index contributed by atoms with van der Waals surface area (Å²) < 4.78 is 38.1. The van der Waals surface area contributed by atoms with E-state index in [-0.39, 0.29) is 69.8 Å². The summed E-state index contributed by atoms with van der Waals surface area (Å²) in [6, 6.07) is 15.9. The van der Waals surface area contributed by atoms with Crippen molar-refractivity contribution in [2.24, 2.45) is 20.5 Å². The Bertz CT molecular complexity index is 1170. The van der Waals surface area contributed by atoms with Crippen molar-refractivity contribution < 1.29 is 81.9 Å². The maximum Gasteiger partial charge on any atom is 1.00 e. The van der Waals surface area contributed by atoms with E-state index in [1.165, 1.54) is 43.5 Å². The molecule has 3 rings (SSSR count). The zero-order valence-electron chi connectivity index (χ0n) is 17.1. The molecule has 0 aromatic heterocycles. The molecular weight excluding hydrogens is 442 g/mol. The fourth-order valence-corrected chi connectivity index (χ4v) is 2.70. The fraction of sp³-hybridized carbons (Fsp3) is 0.0526. The number of hydrogen-bond donors (Lipinski definition) is 0. The smallest absolute Gasteiger partial charge is 0.872 e. The van der Waals surface area contributed by atoms with Gasteiger partial charge in [-0.2, -0.15) is 15.3 Å². The van der Waals surface area contributed by atoms with Crippen LogP contribution in [0.1, 0.15) is 0 Å². The van der Waals surface area contributed by atoms with E-state index >= 15 is 0 Å². The molecule has 0 saturated heterocycles. The normalized spacial score (nSPS) is 11.2. The Hall–Kier alpha value is -1.63. The van der Waals surface area contributed by atoms with Gasteiger partial charge in [0.25, 0.3) is 0 Å². The molecule has 148 valence electrons. The van der Waals surface area contributed by atoms with Crippen molar-refractivity contribution in [3.8, 4) is 11.5 Å². The molecule has 0 fully saturated rings. The van der Waals surface area contributed by atoms with Crippen LogP contribution in [0.4, 0.5) is 22.7 Å². The van der Waals surface area contributed by atoms with Gasteiger partial charge in [-0.1, -0.05) is 12.1 Å². The molecule has 31 heavy (non-hydrogen) atoms. The van der Waals surface area contributed by atoms with Crippen molar-refractivity contribution in [1.82, 2.24) is 0 Å². The van der Waals surface area contributed by atoms with Crippen molar-refractivity contribution in [3.63, 3.8) is 0 Å². The van der Waals surface area contributed by atoms with Crippen LogP contribution in [0.25, 0.3) is 0 Å². The van der Waals surface area contributed by atoms with Crippen LogP contribution >= 0.6 is 0 Å². The second-order valence-electron chi connectivity index (χ2n) is 5.70. The molecule has 3 aromatic carbocycles. The van der Waals surface area contributed by atoms with Gasteiger partial charge < -0.3 is 14.4 Å². The average Bonchev–Trinajstić information content (AvgIpc) is 2.71. The Morgan fingerprint density at radius 1 is 0.742 bits per heavy atom. The van der Waals surface area contributed by atoms with Crippen LogP contribution in [0.3, 0.4) is 0 Å². The molecule has 12 heteroatoms. The standard InChI is InChI=1S/C19H16N4O5S.2Na/c1-28-19-12-15(22-20-14-4-9-17(10-5-14)29(25,26)27)6-11-18(19)23-21-13-2-7-16(24)8-3-13;;/h2-12,24H,1H3,(H,25,26,27);;/q;2*+1/p-2. The molecule has 3 aromatic rings. The summed E-state index contributed by atoms with van der Waals surface area (Å²) in [5, 5.41) is 27.3. The first kappa shape index (κ1) is 27.4. The predicted octanol–water partition coefficient (Wildman–Crippen LogP) is -1.49. The Morgan fingerprint density at radius 3 is 1.77 bits per heavy atom. The molecule has 0 N–H and O–H groups in total. The summed E-state index contributed by atoms with van der Waals surface area (Å²) in [5.41, 5.74) is 1.83. The van der Waals surface area contributed by atoms with E-state index in [0.29, 0.717) is 28.5 Å². The maximum atomic E-state index is 11.1. The Morgan fingerprint density at radius 2 is 1.23 bits per heavy atom. The van der Waals surface area contributed by atoms with Crippen LogP contribution < -0.4 is 69.0 Å². The maximum absolute atomic E-state index is 11.1. The first-order valence-corrected chi connectivity index (χ1v) is 9.60. The summed E-state index contributed by atoms with van der Waals surface area (Å²) in [7, 11) is -3.03. The summed E-state index contributed by atoms with van der Waals surface area (Å²) in [6.07, 6.45) is 0. The Kier molecular flexibility index (Phi) is 11.0. The minimum atomic E-state index is -4.50. The molecule has 0 spiro atoms. The summed E-state index contributed by atoms with van der Waals surface area (Å²) in [4.78, 5) is -0.335. The van der Waals surface area contributed by atoms with Crippen molar-refractivity contribution in [1.29, 1.82) is 0 Å². The van der Waals surface area contributed by atoms with E-state index in [1.54, 1.807) is 30.3 Å². The van der Waals surface area contributed by atoms with Gasteiger partial charge in [-0.3, -0.25) is 0 Å². The van der Waals surface area contributed by atoms with Gasteiger partial charge in [0.05, 0.1) is 29.1 Å². The van der Waals surface area contributed by atoms with Gasteiger partial charge in [-0.15, -0.1) is 10.9 Å². The van der Waals surface area contributed by atoms with Crippen molar-refractivity contribution >= 4 is 32.9 Å². The second kappa shape index (κ2) is 12.4. The minimum Gasteiger partial charge on any atom is -0.872 e. The van der Waals surface area contributed by atoms with Gasteiger partial charge in [-0.25, -0.2) is 8.42 Å². The molecule has 0 heterocycles. The molecule has 0 bridgehead atoms. The van der Waals surface area contributed by atoms with E-state index in [9.17, 15) is 18.1 Å². The Balaban J connectivity index is 0.00000240. The van der Waals surface area contributed by atoms with Gasteiger partial charge in [0.15, 0.2) is 0 Å². The zero-order valence-corrected chi connectivity index (χ0v) is 21.9. The van der Waals surface area contributed by atoms with Crippen LogP contribution in [0, 0.1) is 0 Å². The Labute approximate surface area is 223 Å². The van der Waals surface area contributed by atoms with Crippen LogP contribution in [-0.2, 0) is 10.1 Å². The number of hydrogen-bond acceptors (Lipinski definition) is 9. The van der Waals surface area contributed by atoms with Crippen LogP contribution in [0.15, 0.2) is 92.1 Å². The molecule has 0 unspecified atom stereocenters. The summed E-state index contributed by atoms with van der Waals surface area (Å²) >= 11 is 0. The van der Waals surface area contributed by atoms with Gasteiger partial charge >= 0.3 is 59.1 Å². The topological polar surface area (TPSA) is 139 Å². The molecule has 9 nitrogen and oxygen atoms in total. The zero-order chi connectivity index (χ0) is 20.9. The third-order valence-electron chi connectivity index (χ3n) is 3.68. The molecule has 0 atom stereocenters. The molecule has 0 radical (unpaired) electrons. The van der Waals surface area contributed by atoms with Crippen LogP contribution in [-0.4, -0.2) is 20.1 Å².